The van der Waals surface area contributed by atoms with Gasteiger partial charge in [-0.3, -0.25) is 0 Å². The van der Waals surface area contributed by atoms with Crippen LogP contribution in [0.15, 0.2) is 0 Å². The van der Waals surface area contributed by atoms with Gasteiger partial charge in [0, 0.05) is 9.65 Å². The highest BCUT2D eigenvalue weighted by atomic mass is 79.9. The topological polar surface area (TPSA) is 0 Å². The van der Waals surface area contributed by atoms with E-state index in [9.17, 15) is 0 Å². The highest BCUT2D eigenvalue weighted by Crippen LogP contribution is 2.28. The van der Waals surface area contributed by atoms with E-state index in [0.29, 0.717) is 0 Å². The maximum absolute atomic E-state index is 3.54. The summed E-state index contributed by atoms with van der Waals surface area (Å²) in [6.07, 6.45) is 2.39. The molecule has 0 saturated heterocycles. The van der Waals surface area contributed by atoms with Crippen molar-refractivity contribution < 1.29 is 0 Å². The molecular formula is C6H11Br2. The van der Waals surface area contributed by atoms with E-state index >= 15 is 0 Å². The Morgan fingerprint density at radius 3 is 2.25 bits per heavy atom. The van der Waals surface area contributed by atoms with Gasteiger partial charge >= 0.3 is 0 Å². The molecule has 0 aliphatic heterocycles. The Bertz CT molecular complexity index is 59.5. The molecule has 0 amide bonds. The van der Waals surface area contributed by atoms with Crippen molar-refractivity contribution in [2.45, 2.75) is 31.0 Å². The largest absolute Gasteiger partial charge is 0.0863 e. The zero-order chi connectivity index (χ0) is 6.62. The van der Waals surface area contributed by atoms with Crippen molar-refractivity contribution in [3.8, 4) is 0 Å². The molecule has 0 spiro atoms. The standard InChI is InChI=1S/C6H11Br2/c1-3-4-6(2,8)5-7/h5H,3-4H2,1-2H3. The van der Waals surface area contributed by atoms with Gasteiger partial charge in [-0.2, -0.15) is 0 Å². The van der Waals surface area contributed by atoms with Gasteiger partial charge in [-0.1, -0.05) is 45.2 Å². The molecular weight excluding hydrogens is 232 g/mol. The van der Waals surface area contributed by atoms with E-state index in [2.05, 4.69) is 45.7 Å². The van der Waals surface area contributed by atoms with Crippen LogP contribution in [-0.4, -0.2) is 4.32 Å². The molecule has 0 aliphatic rings. The van der Waals surface area contributed by atoms with Crippen LogP contribution in [0.2, 0.25) is 0 Å². The molecule has 0 aromatic rings. The molecule has 0 nitrogen and oxygen atoms in total. The van der Waals surface area contributed by atoms with Gasteiger partial charge in [0.15, 0.2) is 0 Å². The summed E-state index contributed by atoms with van der Waals surface area (Å²) in [5, 5.41) is 2.00. The van der Waals surface area contributed by atoms with E-state index in [1.807, 2.05) is 5.33 Å². The van der Waals surface area contributed by atoms with Crippen molar-refractivity contribution in [1.82, 2.24) is 0 Å². The van der Waals surface area contributed by atoms with Crippen molar-refractivity contribution >= 4 is 31.9 Å². The minimum absolute atomic E-state index is 0.196. The summed E-state index contributed by atoms with van der Waals surface area (Å²) in [6.45, 7) is 4.32. The Balaban J connectivity index is 3.37. The second kappa shape index (κ2) is 3.89. The summed E-state index contributed by atoms with van der Waals surface area (Å²) in [6, 6.07) is 0. The Labute approximate surface area is 68.3 Å². The molecule has 0 saturated carbocycles. The number of hydrogen-bond donors (Lipinski definition) is 0. The Kier molecular flexibility index (Phi) is 4.35. The third kappa shape index (κ3) is 3.90. The molecule has 0 aromatic heterocycles. The molecule has 2 heteroatoms. The van der Waals surface area contributed by atoms with Gasteiger partial charge in [0.05, 0.1) is 0 Å². The first-order chi connectivity index (χ1) is 3.62. The summed E-state index contributed by atoms with van der Waals surface area (Å²) >= 11 is 6.84. The van der Waals surface area contributed by atoms with Gasteiger partial charge in [-0.15, -0.1) is 0 Å². The van der Waals surface area contributed by atoms with E-state index in [1.54, 1.807) is 0 Å². The first-order valence-electron chi connectivity index (χ1n) is 2.76. The third-order valence-electron chi connectivity index (χ3n) is 0.966. The lowest BCUT2D eigenvalue weighted by molar-refractivity contribution is 0.684. The third-order valence-corrected chi connectivity index (χ3v) is 3.22. The zero-order valence-electron chi connectivity index (χ0n) is 5.25. The Hall–Kier alpha value is 0.960. The molecule has 0 N–H and O–H groups in total. The minimum atomic E-state index is 0.196. The summed E-state index contributed by atoms with van der Waals surface area (Å²) in [5.41, 5.74) is 0. The van der Waals surface area contributed by atoms with Crippen LogP contribution in [-0.2, 0) is 0 Å². The van der Waals surface area contributed by atoms with Crippen molar-refractivity contribution in [3.63, 3.8) is 0 Å². The second-order valence-corrected chi connectivity index (χ2v) is 4.41. The smallest absolute Gasteiger partial charge is 0.0435 e. The lowest BCUT2D eigenvalue weighted by Gasteiger charge is -2.16. The lowest BCUT2D eigenvalue weighted by Crippen LogP contribution is -2.11. The lowest BCUT2D eigenvalue weighted by atomic mass is 10.1. The molecule has 1 unspecified atom stereocenters. The van der Waals surface area contributed by atoms with Gasteiger partial charge < -0.3 is 0 Å². The van der Waals surface area contributed by atoms with Crippen LogP contribution in [0.5, 0.6) is 0 Å². The Morgan fingerprint density at radius 2 is 2.12 bits per heavy atom. The van der Waals surface area contributed by atoms with Crippen LogP contribution in [0.3, 0.4) is 0 Å². The summed E-state index contributed by atoms with van der Waals surface area (Å²) < 4.78 is 0.196. The molecule has 49 valence electrons. The highest BCUT2D eigenvalue weighted by Gasteiger charge is 2.16. The summed E-state index contributed by atoms with van der Waals surface area (Å²) in [4.78, 5) is 0. The minimum Gasteiger partial charge on any atom is -0.0863 e. The SMILES string of the molecule is CCCC(C)(Br)[CH]Br. The van der Waals surface area contributed by atoms with Crippen LogP contribution in [0.25, 0.3) is 0 Å². The fourth-order valence-corrected chi connectivity index (χ4v) is 1.17. The number of hydrogen-bond acceptors (Lipinski definition) is 0. The predicted molar refractivity (Wildman–Crippen MR) is 45.5 cm³/mol. The zero-order valence-corrected chi connectivity index (χ0v) is 8.42. The van der Waals surface area contributed by atoms with E-state index in [0.717, 1.165) is 0 Å². The quantitative estimate of drug-likeness (QED) is 0.665. The van der Waals surface area contributed by atoms with Crippen molar-refractivity contribution in [2.75, 3.05) is 0 Å². The maximum atomic E-state index is 3.54. The molecule has 0 aliphatic carbocycles. The van der Waals surface area contributed by atoms with Crippen LogP contribution in [0, 0.1) is 5.33 Å². The number of halogens is 2. The van der Waals surface area contributed by atoms with Gasteiger partial charge in [-0.05, 0) is 13.3 Å². The first-order valence-corrected chi connectivity index (χ1v) is 4.47. The maximum Gasteiger partial charge on any atom is 0.0435 e. The average Bonchev–Trinajstić information content (AvgIpc) is 1.67. The monoisotopic (exact) mass is 241 g/mol. The highest BCUT2D eigenvalue weighted by molar-refractivity contribution is 9.13. The van der Waals surface area contributed by atoms with Crippen LogP contribution < -0.4 is 0 Å². The van der Waals surface area contributed by atoms with Crippen molar-refractivity contribution in [2.24, 2.45) is 0 Å². The number of alkyl halides is 1. The second-order valence-electron chi connectivity index (χ2n) is 2.14. The summed E-state index contributed by atoms with van der Waals surface area (Å²) in [5.74, 6) is 0. The Morgan fingerprint density at radius 1 is 1.62 bits per heavy atom. The summed E-state index contributed by atoms with van der Waals surface area (Å²) in [7, 11) is 0. The van der Waals surface area contributed by atoms with Gasteiger partial charge in [-0.25, -0.2) is 0 Å². The predicted octanol–water partition coefficient (Wildman–Crippen LogP) is 3.50. The van der Waals surface area contributed by atoms with E-state index in [-0.39, 0.29) is 4.32 Å². The molecule has 0 bridgehead atoms. The van der Waals surface area contributed by atoms with Gasteiger partial charge in [0.2, 0.25) is 0 Å². The van der Waals surface area contributed by atoms with E-state index in [1.165, 1.54) is 12.8 Å². The molecule has 8 heavy (non-hydrogen) atoms. The molecule has 0 aromatic carbocycles. The first kappa shape index (κ1) is 8.96. The van der Waals surface area contributed by atoms with Crippen LogP contribution in [0.4, 0.5) is 0 Å². The normalized spacial score (nSPS) is 18.0. The van der Waals surface area contributed by atoms with Gasteiger partial charge in [0.25, 0.3) is 0 Å². The van der Waals surface area contributed by atoms with Crippen molar-refractivity contribution in [3.05, 3.63) is 5.33 Å². The van der Waals surface area contributed by atoms with Crippen LogP contribution >= 0.6 is 31.9 Å². The fraction of sp³-hybridized carbons (Fsp3) is 0.833. The number of rotatable bonds is 3. The van der Waals surface area contributed by atoms with E-state index < -0.39 is 0 Å². The average molecular weight is 243 g/mol. The molecule has 0 fully saturated rings. The van der Waals surface area contributed by atoms with Gasteiger partial charge in [0.1, 0.15) is 0 Å². The molecule has 1 atom stereocenters. The molecule has 1 radical (unpaired) electrons. The fourth-order valence-electron chi connectivity index (χ4n) is 0.543. The van der Waals surface area contributed by atoms with Crippen LogP contribution in [0.1, 0.15) is 26.7 Å². The van der Waals surface area contributed by atoms with Crippen molar-refractivity contribution in [1.29, 1.82) is 0 Å². The molecule has 0 heterocycles. The molecule has 0 rings (SSSR count). The van der Waals surface area contributed by atoms with E-state index in [4.69, 9.17) is 0 Å².